The highest BCUT2D eigenvalue weighted by atomic mass is 16.7. The van der Waals surface area contributed by atoms with Gasteiger partial charge >= 0.3 is 0 Å². The second-order valence-corrected chi connectivity index (χ2v) is 4.86. The lowest BCUT2D eigenvalue weighted by molar-refractivity contribution is -0.159. The van der Waals surface area contributed by atoms with E-state index in [4.69, 9.17) is 9.47 Å². The van der Waals surface area contributed by atoms with Gasteiger partial charge in [0.15, 0.2) is 12.1 Å². The smallest absolute Gasteiger partial charge is 0.194 e. The van der Waals surface area contributed by atoms with Crippen molar-refractivity contribution in [3.8, 4) is 0 Å². The van der Waals surface area contributed by atoms with E-state index in [-0.39, 0.29) is 0 Å². The largest absolute Gasteiger partial charge is 0.387 e. The summed E-state index contributed by atoms with van der Waals surface area (Å²) in [5.41, 5.74) is 1.30. The Morgan fingerprint density at radius 1 is 1.25 bits per heavy atom. The first-order chi connectivity index (χ1) is 9.45. The number of aliphatic hydroxyl groups is 3. The van der Waals surface area contributed by atoms with Gasteiger partial charge in [-0.15, -0.1) is 0 Å². The van der Waals surface area contributed by atoms with Gasteiger partial charge in [0, 0.05) is 12.7 Å². The lowest BCUT2D eigenvalue weighted by Crippen LogP contribution is -2.42. The van der Waals surface area contributed by atoms with Crippen LogP contribution in [0.15, 0.2) is 24.3 Å². The van der Waals surface area contributed by atoms with E-state index < -0.39 is 36.5 Å². The van der Waals surface area contributed by atoms with Crippen molar-refractivity contribution in [3.05, 3.63) is 35.4 Å². The van der Waals surface area contributed by atoms with Crippen molar-refractivity contribution >= 4 is 5.78 Å². The van der Waals surface area contributed by atoms with Crippen LogP contribution >= 0.6 is 0 Å². The molecule has 110 valence electrons. The number of aryl methyl sites for hydroxylation is 1. The number of ether oxygens (including phenoxy) is 2. The topological polar surface area (TPSA) is 96.2 Å². The maximum atomic E-state index is 12.1. The van der Waals surface area contributed by atoms with E-state index in [1.807, 2.05) is 6.92 Å². The van der Waals surface area contributed by atoms with E-state index in [0.717, 1.165) is 5.56 Å². The van der Waals surface area contributed by atoms with E-state index in [2.05, 4.69) is 0 Å². The summed E-state index contributed by atoms with van der Waals surface area (Å²) in [5.74, 6) is -0.571. The van der Waals surface area contributed by atoms with Gasteiger partial charge < -0.3 is 24.8 Å². The molecule has 0 spiro atoms. The van der Waals surface area contributed by atoms with Gasteiger partial charge in [-0.25, -0.2) is 0 Å². The molecule has 1 aromatic rings. The number of hydrogen-bond donors (Lipinski definition) is 3. The Hall–Kier alpha value is -1.31. The third kappa shape index (κ3) is 2.74. The molecule has 1 saturated heterocycles. The molecule has 6 heteroatoms. The van der Waals surface area contributed by atoms with Crippen LogP contribution in [0.3, 0.4) is 0 Å². The van der Waals surface area contributed by atoms with Crippen LogP contribution < -0.4 is 0 Å². The summed E-state index contributed by atoms with van der Waals surface area (Å²) < 4.78 is 9.99. The number of Topliss-reactive ketones (excluding diaryl/α,β-unsaturated/α-hetero) is 1. The molecule has 0 saturated carbocycles. The summed E-state index contributed by atoms with van der Waals surface area (Å²) in [6.07, 6.45) is -6.53. The Bertz CT molecular complexity index is 471. The van der Waals surface area contributed by atoms with Crippen LogP contribution in [0.4, 0.5) is 0 Å². The zero-order chi connectivity index (χ0) is 14.9. The van der Waals surface area contributed by atoms with E-state index in [1.54, 1.807) is 24.3 Å². The van der Waals surface area contributed by atoms with Gasteiger partial charge in [0.2, 0.25) is 0 Å². The second-order valence-electron chi connectivity index (χ2n) is 4.86. The van der Waals surface area contributed by atoms with Crippen molar-refractivity contribution in [2.75, 3.05) is 7.11 Å². The quantitative estimate of drug-likeness (QED) is 0.652. The van der Waals surface area contributed by atoms with Crippen molar-refractivity contribution in [1.29, 1.82) is 0 Å². The van der Waals surface area contributed by atoms with Crippen LogP contribution in [0.5, 0.6) is 0 Å². The second kappa shape index (κ2) is 5.99. The van der Waals surface area contributed by atoms with E-state index >= 15 is 0 Å². The Labute approximate surface area is 116 Å². The van der Waals surface area contributed by atoms with Crippen molar-refractivity contribution < 1.29 is 29.6 Å². The molecule has 20 heavy (non-hydrogen) atoms. The minimum atomic E-state index is -1.57. The van der Waals surface area contributed by atoms with Crippen LogP contribution in [0.25, 0.3) is 0 Å². The van der Waals surface area contributed by atoms with Gasteiger partial charge in [-0.1, -0.05) is 29.8 Å². The molecule has 1 heterocycles. The monoisotopic (exact) mass is 282 g/mol. The maximum Gasteiger partial charge on any atom is 0.194 e. The minimum Gasteiger partial charge on any atom is -0.387 e. The number of ketones is 1. The van der Waals surface area contributed by atoms with Gasteiger partial charge in [0.05, 0.1) is 0 Å². The number of carbonyl (C=O) groups is 1. The molecule has 1 aliphatic rings. The number of methoxy groups -OCH3 is 1. The molecule has 1 aromatic carbocycles. The Morgan fingerprint density at radius 3 is 2.35 bits per heavy atom. The molecule has 0 aliphatic carbocycles. The highest BCUT2D eigenvalue weighted by molar-refractivity contribution is 5.99. The van der Waals surface area contributed by atoms with Crippen LogP contribution in [-0.2, 0) is 9.47 Å². The van der Waals surface area contributed by atoms with Crippen LogP contribution in [0.1, 0.15) is 15.9 Å². The summed E-state index contributed by atoms with van der Waals surface area (Å²) in [6, 6.07) is 6.68. The van der Waals surface area contributed by atoms with E-state index in [9.17, 15) is 20.1 Å². The Balaban J connectivity index is 2.13. The van der Waals surface area contributed by atoms with Gasteiger partial charge in [0.25, 0.3) is 0 Å². The molecular formula is C14H18O6. The van der Waals surface area contributed by atoms with Crippen molar-refractivity contribution in [3.63, 3.8) is 0 Å². The number of rotatable bonds is 4. The Morgan fingerprint density at radius 2 is 1.85 bits per heavy atom. The zero-order valence-corrected chi connectivity index (χ0v) is 11.3. The number of hydrogen-bond acceptors (Lipinski definition) is 6. The fourth-order valence-electron chi connectivity index (χ4n) is 2.17. The Kier molecular flexibility index (Phi) is 4.52. The lowest BCUT2D eigenvalue weighted by atomic mass is 9.97. The summed E-state index contributed by atoms with van der Waals surface area (Å²) in [6.45, 7) is 1.88. The van der Waals surface area contributed by atoms with Crippen LogP contribution in [0, 0.1) is 6.92 Å². The summed E-state index contributed by atoms with van der Waals surface area (Å²) in [5, 5.41) is 29.5. The van der Waals surface area contributed by atoms with Gasteiger partial charge in [0.1, 0.15) is 24.4 Å². The molecule has 2 rings (SSSR count). The molecule has 0 radical (unpaired) electrons. The average molecular weight is 282 g/mol. The fourth-order valence-corrected chi connectivity index (χ4v) is 2.17. The SMILES string of the molecule is CO[C@H]1O[C@H](C(O)C(=O)c2ccc(C)cc2)[C@@H](O)[C@H]1O. The molecule has 6 nitrogen and oxygen atoms in total. The molecule has 0 amide bonds. The number of aliphatic hydroxyl groups excluding tert-OH is 3. The molecule has 1 unspecified atom stereocenters. The molecule has 5 atom stereocenters. The molecule has 1 aliphatic heterocycles. The lowest BCUT2D eigenvalue weighted by Gasteiger charge is -2.19. The molecule has 0 bridgehead atoms. The average Bonchev–Trinajstić information content (AvgIpc) is 2.74. The highest BCUT2D eigenvalue weighted by Crippen LogP contribution is 2.25. The van der Waals surface area contributed by atoms with Crippen molar-refractivity contribution in [2.45, 2.75) is 37.6 Å². The third-order valence-electron chi connectivity index (χ3n) is 3.40. The van der Waals surface area contributed by atoms with Gasteiger partial charge in [-0.2, -0.15) is 0 Å². The molecule has 3 N–H and O–H groups in total. The first-order valence-corrected chi connectivity index (χ1v) is 6.29. The first kappa shape index (κ1) is 15.1. The predicted octanol–water partition coefficient (Wildman–Crippen LogP) is -0.368. The van der Waals surface area contributed by atoms with Gasteiger partial charge in [-0.3, -0.25) is 4.79 Å². The maximum absolute atomic E-state index is 12.1. The van der Waals surface area contributed by atoms with Crippen molar-refractivity contribution in [1.82, 2.24) is 0 Å². The molecule has 1 fully saturated rings. The highest BCUT2D eigenvalue weighted by Gasteiger charge is 2.48. The fraction of sp³-hybridized carbons (Fsp3) is 0.500. The summed E-state index contributed by atoms with van der Waals surface area (Å²) in [7, 11) is 1.30. The first-order valence-electron chi connectivity index (χ1n) is 6.29. The summed E-state index contributed by atoms with van der Waals surface area (Å²) in [4.78, 5) is 12.1. The van der Waals surface area contributed by atoms with E-state index in [0.29, 0.717) is 5.56 Å². The number of carbonyl (C=O) groups excluding carboxylic acids is 1. The summed E-state index contributed by atoms with van der Waals surface area (Å²) >= 11 is 0. The predicted molar refractivity (Wildman–Crippen MR) is 69.2 cm³/mol. The standard InChI is InChI=1S/C14H18O6/c1-7-3-5-8(6-4-7)9(15)10(16)13-11(17)12(18)14(19-2)20-13/h3-6,10-14,16-18H,1-2H3/t10?,11-,12+,13+,14-/m0/s1. The van der Waals surface area contributed by atoms with Crippen LogP contribution in [0.2, 0.25) is 0 Å². The number of benzene rings is 1. The van der Waals surface area contributed by atoms with Gasteiger partial charge in [-0.05, 0) is 6.92 Å². The minimum absolute atomic E-state index is 0.314. The van der Waals surface area contributed by atoms with Crippen LogP contribution in [-0.4, -0.2) is 58.9 Å². The van der Waals surface area contributed by atoms with Crippen molar-refractivity contribution in [2.24, 2.45) is 0 Å². The zero-order valence-electron chi connectivity index (χ0n) is 11.3. The third-order valence-corrected chi connectivity index (χ3v) is 3.40. The van der Waals surface area contributed by atoms with E-state index in [1.165, 1.54) is 7.11 Å². The molecular weight excluding hydrogens is 264 g/mol. The normalized spacial score (nSPS) is 31.2. The molecule has 0 aromatic heterocycles.